The van der Waals surface area contributed by atoms with E-state index in [9.17, 15) is 9.59 Å². The van der Waals surface area contributed by atoms with E-state index in [1.54, 1.807) is 37.4 Å². The number of nitrogens with one attached hydrogen (secondary N) is 1. The van der Waals surface area contributed by atoms with Crippen LogP contribution in [0.2, 0.25) is 0 Å². The monoisotopic (exact) mass is 409 g/mol. The smallest absolute Gasteiger partial charge is 0.414 e. The third kappa shape index (κ3) is 4.65. The van der Waals surface area contributed by atoms with Crippen LogP contribution < -0.4 is 15.1 Å². The molecule has 146 valence electrons. The number of hydrogen-bond donors (Lipinski definition) is 1. The Morgan fingerprint density at radius 1 is 1.44 bits per heavy atom. The summed E-state index contributed by atoms with van der Waals surface area (Å²) < 4.78 is 10.6. The van der Waals surface area contributed by atoms with Crippen molar-refractivity contribution in [2.75, 3.05) is 35.7 Å². The molecule has 1 saturated heterocycles. The Labute approximate surface area is 168 Å². The molecule has 9 heteroatoms. The summed E-state index contributed by atoms with van der Waals surface area (Å²) in [6.45, 7) is 5.95. The maximum Gasteiger partial charge on any atom is 0.414 e. The molecule has 1 unspecified atom stereocenters. The molecule has 2 aliphatic rings. The van der Waals surface area contributed by atoms with Crippen molar-refractivity contribution >= 4 is 52.5 Å². The number of thioether (sulfide) groups is 1. The summed E-state index contributed by atoms with van der Waals surface area (Å²) in [7, 11) is 1.95. The molecule has 2 heterocycles. The number of benzene rings is 1. The summed E-state index contributed by atoms with van der Waals surface area (Å²) >= 11 is 7.00. The minimum atomic E-state index is -0.571. The van der Waals surface area contributed by atoms with Crippen molar-refractivity contribution in [3.8, 4) is 0 Å². The lowest BCUT2D eigenvalue weighted by molar-refractivity contribution is 0.0496. The van der Waals surface area contributed by atoms with Gasteiger partial charge in [-0.2, -0.15) is 0 Å². The molecule has 2 aliphatic heterocycles. The van der Waals surface area contributed by atoms with Crippen LogP contribution >= 0.6 is 24.0 Å². The Balaban J connectivity index is 1.63. The second-order valence-electron chi connectivity index (χ2n) is 7.39. The van der Waals surface area contributed by atoms with E-state index in [0.29, 0.717) is 6.54 Å². The molecule has 0 radical (unpaired) electrons. The van der Waals surface area contributed by atoms with Crippen molar-refractivity contribution in [3.63, 3.8) is 0 Å². The number of amides is 2. The average Bonchev–Trinajstić information content (AvgIpc) is 2.95. The number of hydrogen-bond acceptors (Lipinski definition) is 6. The van der Waals surface area contributed by atoms with E-state index < -0.39 is 23.9 Å². The van der Waals surface area contributed by atoms with Crippen molar-refractivity contribution in [2.24, 2.45) is 0 Å². The second kappa shape index (κ2) is 7.55. The van der Waals surface area contributed by atoms with Gasteiger partial charge < -0.3 is 19.7 Å². The summed E-state index contributed by atoms with van der Waals surface area (Å²) in [5, 5.41) is 2.64. The lowest BCUT2D eigenvalue weighted by Crippen LogP contribution is -2.38. The van der Waals surface area contributed by atoms with Crippen LogP contribution in [0.4, 0.5) is 21.0 Å². The van der Waals surface area contributed by atoms with E-state index in [1.165, 1.54) is 0 Å². The molecule has 3 rings (SSSR count). The maximum atomic E-state index is 12.3. The lowest BCUT2D eigenvalue weighted by atomic mass is 10.2. The number of alkyl carbamates (subject to hydrolysis) is 1. The molecule has 7 nitrogen and oxygen atoms in total. The fraction of sp³-hybridized carbons (Fsp3) is 0.500. The number of ether oxygens (including phenoxy) is 2. The lowest BCUT2D eigenvalue weighted by Gasteiger charge is -2.28. The molecule has 1 N–H and O–H groups in total. The van der Waals surface area contributed by atoms with Crippen LogP contribution in [0.3, 0.4) is 0 Å². The predicted molar refractivity (Wildman–Crippen MR) is 110 cm³/mol. The Morgan fingerprint density at radius 3 is 2.89 bits per heavy atom. The number of thiocarbonyl (C=S) groups is 1. The molecular formula is C18H23N3O4S2. The Kier molecular flexibility index (Phi) is 5.53. The van der Waals surface area contributed by atoms with Crippen molar-refractivity contribution < 1.29 is 19.1 Å². The summed E-state index contributed by atoms with van der Waals surface area (Å²) in [5.41, 5.74) is 1.24. The summed E-state index contributed by atoms with van der Waals surface area (Å²) in [6.07, 6.45) is -1.37. The first-order chi connectivity index (χ1) is 12.6. The van der Waals surface area contributed by atoms with Gasteiger partial charge in [0, 0.05) is 23.4 Å². The Morgan fingerprint density at radius 2 is 2.19 bits per heavy atom. The minimum Gasteiger partial charge on any atom is -0.444 e. The zero-order valence-corrected chi connectivity index (χ0v) is 17.4. The van der Waals surface area contributed by atoms with E-state index in [0.717, 1.165) is 27.0 Å². The second-order valence-corrected chi connectivity index (χ2v) is 8.88. The van der Waals surface area contributed by atoms with Gasteiger partial charge in [-0.05, 0) is 39.0 Å². The van der Waals surface area contributed by atoms with Crippen LogP contribution in [-0.2, 0) is 9.47 Å². The standard InChI is InChI=1S/C18H23N3O4S2/c1-18(2,3)25-16(22)19-8-12-9-21(17(23)24-12)11-5-6-13-14(7-11)27-10-15(26)20(13)4/h5-7,12H,8-10H2,1-4H3,(H,19,22). The van der Waals surface area contributed by atoms with Gasteiger partial charge in [-0.15, -0.1) is 11.8 Å². The molecule has 1 aromatic carbocycles. The van der Waals surface area contributed by atoms with Crippen molar-refractivity contribution in [1.29, 1.82) is 0 Å². The highest BCUT2D eigenvalue weighted by atomic mass is 32.2. The fourth-order valence-electron chi connectivity index (χ4n) is 2.78. The summed E-state index contributed by atoms with van der Waals surface area (Å²) in [6, 6.07) is 5.82. The van der Waals surface area contributed by atoms with E-state index in [-0.39, 0.29) is 6.54 Å². The van der Waals surface area contributed by atoms with Gasteiger partial charge in [0.1, 0.15) is 11.7 Å². The van der Waals surface area contributed by atoms with E-state index in [1.807, 2.05) is 30.1 Å². The first-order valence-corrected chi connectivity index (χ1v) is 10.0. The highest BCUT2D eigenvalue weighted by molar-refractivity contribution is 8.01. The third-order valence-electron chi connectivity index (χ3n) is 4.09. The number of cyclic esters (lactones) is 1. The maximum absolute atomic E-state index is 12.3. The van der Waals surface area contributed by atoms with Crippen LogP contribution in [0, 0.1) is 0 Å². The number of anilines is 2. The number of rotatable bonds is 3. The van der Waals surface area contributed by atoms with Gasteiger partial charge in [-0.25, -0.2) is 9.59 Å². The average molecular weight is 410 g/mol. The van der Waals surface area contributed by atoms with Crippen LogP contribution in [0.1, 0.15) is 20.8 Å². The Bertz CT molecular complexity index is 778. The third-order valence-corrected chi connectivity index (χ3v) is 5.75. The van der Waals surface area contributed by atoms with E-state index >= 15 is 0 Å². The molecule has 2 amide bonds. The van der Waals surface area contributed by atoms with Crippen LogP contribution in [-0.4, -0.2) is 54.8 Å². The molecule has 0 bridgehead atoms. The van der Waals surface area contributed by atoms with Crippen LogP contribution in [0.5, 0.6) is 0 Å². The number of fused-ring (bicyclic) bond motifs is 1. The molecule has 0 spiro atoms. The molecular weight excluding hydrogens is 386 g/mol. The SMILES string of the molecule is CN1C(=S)CSc2cc(N3CC(CNC(=O)OC(C)(C)C)OC3=O)ccc21. The molecule has 27 heavy (non-hydrogen) atoms. The molecule has 1 aromatic rings. The molecule has 1 atom stereocenters. The van der Waals surface area contributed by atoms with Crippen LogP contribution in [0.25, 0.3) is 0 Å². The van der Waals surface area contributed by atoms with Crippen molar-refractivity contribution in [2.45, 2.75) is 37.4 Å². The predicted octanol–water partition coefficient (Wildman–Crippen LogP) is 3.41. The van der Waals surface area contributed by atoms with Gasteiger partial charge in [0.2, 0.25) is 0 Å². The number of nitrogens with zero attached hydrogens (tertiary/aromatic N) is 2. The molecule has 0 saturated carbocycles. The minimum absolute atomic E-state index is 0.202. The van der Waals surface area contributed by atoms with Crippen LogP contribution in [0.15, 0.2) is 23.1 Å². The zero-order chi connectivity index (χ0) is 19.8. The molecule has 0 aliphatic carbocycles. The number of carbonyl (C=O) groups excluding carboxylic acids is 2. The highest BCUT2D eigenvalue weighted by Gasteiger charge is 2.33. The quantitative estimate of drug-likeness (QED) is 0.767. The van der Waals surface area contributed by atoms with Gasteiger partial charge in [0.15, 0.2) is 0 Å². The topological polar surface area (TPSA) is 71.1 Å². The fourth-order valence-corrected chi connectivity index (χ4v) is 4.09. The summed E-state index contributed by atoms with van der Waals surface area (Å²) in [4.78, 5) is 29.6. The van der Waals surface area contributed by atoms with Gasteiger partial charge in [-0.3, -0.25) is 4.90 Å². The van der Waals surface area contributed by atoms with Gasteiger partial charge in [0.05, 0.1) is 23.8 Å². The molecule has 1 fully saturated rings. The first kappa shape index (κ1) is 19.8. The largest absolute Gasteiger partial charge is 0.444 e. The van der Waals surface area contributed by atoms with Crippen molar-refractivity contribution in [3.05, 3.63) is 18.2 Å². The van der Waals surface area contributed by atoms with E-state index in [2.05, 4.69) is 5.32 Å². The number of carbonyl (C=O) groups is 2. The van der Waals surface area contributed by atoms with Crippen molar-refractivity contribution in [1.82, 2.24) is 5.32 Å². The Hall–Kier alpha value is -2.00. The van der Waals surface area contributed by atoms with E-state index in [4.69, 9.17) is 21.7 Å². The first-order valence-electron chi connectivity index (χ1n) is 8.62. The highest BCUT2D eigenvalue weighted by Crippen LogP contribution is 2.38. The zero-order valence-electron chi connectivity index (χ0n) is 15.8. The normalized spacial score (nSPS) is 19.6. The summed E-state index contributed by atoms with van der Waals surface area (Å²) in [5.74, 6) is 0.745. The molecule has 0 aromatic heterocycles. The van der Waals surface area contributed by atoms with Gasteiger partial charge in [0.25, 0.3) is 0 Å². The van der Waals surface area contributed by atoms with Gasteiger partial charge >= 0.3 is 12.2 Å². The van der Waals surface area contributed by atoms with Gasteiger partial charge in [-0.1, -0.05) is 12.2 Å².